The van der Waals surface area contributed by atoms with Crippen molar-refractivity contribution in [1.82, 2.24) is 19.5 Å². The van der Waals surface area contributed by atoms with Gasteiger partial charge in [-0.15, -0.1) is 0 Å². The molecule has 0 aliphatic rings. The van der Waals surface area contributed by atoms with E-state index in [-0.39, 0.29) is 0 Å². The molecular formula is C53H30N6O. The minimum Gasteiger partial charge on any atom is -0.456 e. The van der Waals surface area contributed by atoms with Crippen LogP contribution < -0.4 is 0 Å². The highest BCUT2D eigenvalue weighted by Crippen LogP contribution is 2.41. The van der Waals surface area contributed by atoms with E-state index in [4.69, 9.17) is 19.4 Å². The zero-order valence-electron chi connectivity index (χ0n) is 31.9. The van der Waals surface area contributed by atoms with Crippen LogP contribution in [0.4, 0.5) is 0 Å². The van der Waals surface area contributed by atoms with Gasteiger partial charge in [0.25, 0.3) is 0 Å². The van der Waals surface area contributed by atoms with Gasteiger partial charge in [0.2, 0.25) is 0 Å². The summed E-state index contributed by atoms with van der Waals surface area (Å²) in [4.78, 5) is 15.5. The second-order valence-corrected chi connectivity index (χ2v) is 14.7. The maximum Gasteiger partial charge on any atom is 0.166 e. The summed E-state index contributed by atoms with van der Waals surface area (Å²) >= 11 is 0. The van der Waals surface area contributed by atoms with Crippen molar-refractivity contribution in [2.24, 2.45) is 0 Å². The van der Waals surface area contributed by atoms with Crippen LogP contribution in [0.3, 0.4) is 0 Å². The Morgan fingerprint density at radius 2 is 0.933 bits per heavy atom. The maximum absolute atomic E-state index is 9.82. The number of fused-ring (bicyclic) bond motifs is 6. The highest BCUT2D eigenvalue weighted by atomic mass is 16.3. The minimum atomic E-state index is 0.433. The van der Waals surface area contributed by atoms with E-state index in [9.17, 15) is 10.5 Å². The zero-order chi connectivity index (χ0) is 40.2. The van der Waals surface area contributed by atoms with Crippen LogP contribution in [0.25, 0.3) is 106 Å². The lowest BCUT2D eigenvalue weighted by Crippen LogP contribution is -2.04. The first-order chi connectivity index (χ1) is 29.6. The summed E-state index contributed by atoms with van der Waals surface area (Å²) in [5, 5.41) is 23.9. The standard InChI is InChI=1S/C53H30N6O/c54-31-33-25-34(32-55)27-40(26-33)39-19-22-42-41-15-7-9-17-46(41)59(48(42)30-39)47-23-20-37(38-21-24-50-44(28-38)43-16-8-10-18-49(43)60-50)29-45(47)53-57-51(35-11-3-1-4-12-35)56-52(58-53)36-13-5-2-6-14-36/h1-30H. The van der Waals surface area contributed by atoms with Crippen LogP contribution in [-0.2, 0) is 0 Å². The molecule has 11 aromatic rings. The van der Waals surface area contributed by atoms with E-state index in [1.165, 1.54) is 0 Å². The number of furan rings is 1. The molecule has 0 saturated carbocycles. The second-order valence-electron chi connectivity index (χ2n) is 14.7. The Bertz CT molecular complexity index is 3480. The zero-order valence-corrected chi connectivity index (χ0v) is 31.9. The molecule has 0 amide bonds. The Labute approximate surface area is 344 Å². The fourth-order valence-corrected chi connectivity index (χ4v) is 8.26. The molecule has 60 heavy (non-hydrogen) atoms. The molecule has 0 bridgehead atoms. The number of aromatic nitrogens is 4. The van der Waals surface area contributed by atoms with E-state index in [1.807, 2.05) is 97.1 Å². The summed E-state index contributed by atoms with van der Waals surface area (Å²) in [5.41, 5.74) is 11.7. The van der Waals surface area contributed by atoms with E-state index in [2.05, 4.69) is 95.6 Å². The normalized spacial score (nSPS) is 11.3. The first-order valence-corrected chi connectivity index (χ1v) is 19.5. The number of para-hydroxylation sites is 2. The fourth-order valence-electron chi connectivity index (χ4n) is 8.26. The molecule has 278 valence electrons. The summed E-state index contributed by atoms with van der Waals surface area (Å²) in [7, 11) is 0. The van der Waals surface area contributed by atoms with E-state index >= 15 is 0 Å². The van der Waals surface area contributed by atoms with Crippen molar-refractivity contribution in [3.05, 3.63) is 193 Å². The number of nitriles is 2. The van der Waals surface area contributed by atoms with Crippen molar-refractivity contribution in [2.75, 3.05) is 0 Å². The van der Waals surface area contributed by atoms with E-state index in [0.717, 1.165) is 88.4 Å². The van der Waals surface area contributed by atoms with Gasteiger partial charge in [-0.25, -0.2) is 15.0 Å². The number of nitrogens with zero attached hydrogens (tertiary/aromatic N) is 6. The van der Waals surface area contributed by atoms with Gasteiger partial charge in [-0.05, 0) is 82.9 Å². The van der Waals surface area contributed by atoms with Crippen LogP contribution in [0.5, 0.6) is 0 Å². The van der Waals surface area contributed by atoms with E-state index in [1.54, 1.807) is 6.07 Å². The Kier molecular flexibility index (Phi) is 8.11. The fraction of sp³-hybridized carbons (Fsp3) is 0. The predicted molar refractivity (Wildman–Crippen MR) is 238 cm³/mol. The molecule has 0 saturated heterocycles. The molecule has 11 rings (SSSR count). The van der Waals surface area contributed by atoms with Gasteiger partial charge in [0.15, 0.2) is 17.5 Å². The van der Waals surface area contributed by atoms with Gasteiger partial charge in [-0.2, -0.15) is 10.5 Å². The third kappa shape index (κ3) is 5.86. The quantitative estimate of drug-likeness (QED) is 0.167. The number of hydrogen-bond acceptors (Lipinski definition) is 6. The summed E-state index contributed by atoms with van der Waals surface area (Å²) < 4.78 is 8.47. The molecule has 0 spiro atoms. The summed E-state index contributed by atoms with van der Waals surface area (Å²) in [6, 6.07) is 65.3. The van der Waals surface area contributed by atoms with Gasteiger partial charge in [-0.3, -0.25) is 0 Å². The maximum atomic E-state index is 9.82. The molecule has 3 heterocycles. The lowest BCUT2D eigenvalue weighted by molar-refractivity contribution is 0.669. The molecule has 0 N–H and O–H groups in total. The number of benzene rings is 8. The number of hydrogen-bond donors (Lipinski definition) is 0. The first-order valence-electron chi connectivity index (χ1n) is 19.5. The van der Waals surface area contributed by atoms with Gasteiger partial charge in [0.05, 0.1) is 40.0 Å². The molecule has 0 aliphatic heterocycles. The van der Waals surface area contributed by atoms with Gasteiger partial charge >= 0.3 is 0 Å². The van der Waals surface area contributed by atoms with Crippen molar-refractivity contribution >= 4 is 43.7 Å². The summed E-state index contributed by atoms with van der Waals surface area (Å²) in [6.45, 7) is 0. The van der Waals surface area contributed by atoms with Crippen molar-refractivity contribution < 1.29 is 4.42 Å². The topological polar surface area (TPSA) is 104 Å². The predicted octanol–water partition coefficient (Wildman–Crippen LogP) is 12.9. The van der Waals surface area contributed by atoms with E-state index in [0.29, 0.717) is 28.6 Å². The number of rotatable bonds is 6. The minimum absolute atomic E-state index is 0.433. The van der Waals surface area contributed by atoms with Crippen LogP contribution in [0.1, 0.15) is 11.1 Å². The van der Waals surface area contributed by atoms with Gasteiger partial charge in [0, 0.05) is 38.2 Å². The van der Waals surface area contributed by atoms with Crippen molar-refractivity contribution in [1.29, 1.82) is 10.5 Å². The highest BCUT2D eigenvalue weighted by Gasteiger charge is 2.21. The SMILES string of the molecule is N#Cc1cc(C#N)cc(-c2ccc3c4ccccc4n(-c4ccc(-c5ccc6oc7ccccc7c6c5)cc4-c4nc(-c5ccccc5)nc(-c5ccccc5)n4)c3c2)c1. The second kappa shape index (κ2) is 14.1. The van der Waals surface area contributed by atoms with Crippen LogP contribution in [0.15, 0.2) is 186 Å². The third-order valence-corrected chi connectivity index (χ3v) is 11.1. The molecule has 0 aliphatic carbocycles. The van der Waals surface area contributed by atoms with Crippen molar-refractivity contribution in [3.63, 3.8) is 0 Å². The van der Waals surface area contributed by atoms with Crippen molar-refractivity contribution in [2.45, 2.75) is 0 Å². The summed E-state index contributed by atoms with van der Waals surface area (Å²) in [6.07, 6.45) is 0. The first kappa shape index (κ1) is 34.6. The molecular weight excluding hydrogens is 737 g/mol. The average Bonchev–Trinajstić information content (AvgIpc) is 3.86. The smallest absolute Gasteiger partial charge is 0.166 e. The lowest BCUT2D eigenvalue weighted by Gasteiger charge is -2.17. The molecule has 0 atom stereocenters. The van der Waals surface area contributed by atoms with E-state index < -0.39 is 0 Å². The van der Waals surface area contributed by atoms with Crippen LogP contribution >= 0.6 is 0 Å². The lowest BCUT2D eigenvalue weighted by atomic mass is 9.98. The Morgan fingerprint density at radius 1 is 0.383 bits per heavy atom. The van der Waals surface area contributed by atoms with Crippen LogP contribution in [-0.4, -0.2) is 19.5 Å². The molecule has 8 aromatic carbocycles. The Balaban J connectivity index is 1.21. The van der Waals surface area contributed by atoms with Gasteiger partial charge in [0.1, 0.15) is 11.2 Å². The molecule has 3 aromatic heterocycles. The molecule has 0 fully saturated rings. The average molecular weight is 767 g/mol. The van der Waals surface area contributed by atoms with Crippen molar-refractivity contribution in [3.8, 4) is 74.2 Å². The molecule has 0 radical (unpaired) electrons. The van der Waals surface area contributed by atoms with Crippen LogP contribution in [0, 0.1) is 22.7 Å². The molecule has 7 nitrogen and oxygen atoms in total. The monoisotopic (exact) mass is 766 g/mol. The Morgan fingerprint density at radius 3 is 1.65 bits per heavy atom. The van der Waals surface area contributed by atoms with Gasteiger partial charge in [-0.1, -0.05) is 121 Å². The third-order valence-electron chi connectivity index (χ3n) is 11.1. The Hall–Kier alpha value is -8.65. The van der Waals surface area contributed by atoms with Crippen LogP contribution in [0.2, 0.25) is 0 Å². The highest BCUT2D eigenvalue weighted by molar-refractivity contribution is 6.11. The largest absolute Gasteiger partial charge is 0.456 e. The summed E-state index contributed by atoms with van der Waals surface area (Å²) in [5.74, 6) is 1.66. The molecule has 0 unspecified atom stereocenters. The van der Waals surface area contributed by atoms with Gasteiger partial charge < -0.3 is 8.98 Å². The molecule has 7 heteroatoms.